The van der Waals surface area contributed by atoms with E-state index in [1.54, 1.807) is 0 Å². The quantitative estimate of drug-likeness (QED) is 0.357. The fraction of sp³-hybridized carbons (Fsp3) is 0.200. The minimum Gasteiger partial charge on any atom is -0.452 e. The lowest BCUT2D eigenvalue weighted by atomic mass is 10.2. The third-order valence-electron chi connectivity index (χ3n) is 3.14. The SMILES string of the molecule is C[C@@H](NC(=O)COC(=O)c1ccc(N)c([N+](=O)[O-])c1)c1cccs1. The van der Waals surface area contributed by atoms with Crippen LogP contribution >= 0.6 is 11.3 Å². The number of nitrogens with two attached hydrogens (primary N) is 1. The number of ether oxygens (including phenoxy) is 1. The molecular weight excluding hydrogens is 334 g/mol. The molecule has 24 heavy (non-hydrogen) atoms. The van der Waals surface area contributed by atoms with Gasteiger partial charge < -0.3 is 15.8 Å². The van der Waals surface area contributed by atoms with Crippen LogP contribution in [0.2, 0.25) is 0 Å². The van der Waals surface area contributed by atoms with Crippen LogP contribution in [0.15, 0.2) is 35.7 Å². The molecule has 0 spiro atoms. The first-order valence-electron chi connectivity index (χ1n) is 6.92. The number of carbonyl (C=O) groups is 2. The summed E-state index contributed by atoms with van der Waals surface area (Å²) in [6.45, 7) is 1.33. The van der Waals surface area contributed by atoms with Crippen LogP contribution in [0.4, 0.5) is 11.4 Å². The van der Waals surface area contributed by atoms with E-state index >= 15 is 0 Å². The molecule has 1 atom stereocenters. The van der Waals surface area contributed by atoms with Gasteiger partial charge in [-0.2, -0.15) is 0 Å². The highest BCUT2D eigenvalue weighted by molar-refractivity contribution is 7.10. The standard InChI is InChI=1S/C15H15N3O5S/c1-9(13-3-2-6-24-13)17-14(19)8-23-15(20)10-4-5-11(16)12(7-10)18(21)22/h2-7,9H,8,16H2,1H3,(H,17,19)/t9-/m1/s1. The van der Waals surface area contributed by atoms with E-state index in [9.17, 15) is 19.7 Å². The van der Waals surface area contributed by atoms with E-state index in [0.29, 0.717) is 0 Å². The number of thiophene rings is 1. The van der Waals surface area contributed by atoms with Crippen LogP contribution in [0.25, 0.3) is 0 Å². The predicted octanol–water partition coefficient (Wildman–Crippen LogP) is 2.27. The summed E-state index contributed by atoms with van der Waals surface area (Å²) in [6.07, 6.45) is 0. The lowest BCUT2D eigenvalue weighted by molar-refractivity contribution is -0.383. The number of amides is 1. The van der Waals surface area contributed by atoms with Gasteiger partial charge >= 0.3 is 5.97 Å². The molecule has 0 radical (unpaired) electrons. The maximum atomic E-state index is 11.9. The molecule has 1 heterocycles. The Kier molecular flexibility index (Phi) is 5.48. The van der Waals surface area contributed by atoms with E-state index in [0.717, 1.165) is 10.9 Å². The van der Waals surface area contributed by atoms with Gasteiger partial charge in [0.05, 0.1) is 16.5 Å². The molecular formula is C15H15N3O5S. The number of hydrogen-bond donors (Lipinski definition) is 2. The van der Waals surface area contributed by atoms with Gasteiger partial charge in [-0.25, -0.2) is 4.79 Å². The minimum atomic E-state index is -0.836. The molecule has 0 aliphatic heterocycles. The fourth-order valence-corrected chi connectivity index (χ4v) is 2.67. The Bertz CT molecular complexity index is 760. The number of nitro benzene ring substituents is 1. The Morgan fingerprint density at radius 1 is 1.42 bits per heavy atom. The van der Waals surface area contributed by atoms with Crippen LogP contribution in [0, 0.1) is 10.1 Å². The number of hydrogen-bond acceptors (Lipinski definition) is 7. The Labute approximate surface area is 141 Å². The van der Waals surface area contributed by atoms with E-state index in [1.165, 1.54) is 23.5 Å². The normalized spacial score (nSPS) is 11.5. The zero-order chi connectivity index (χ0) is 17.7. The molecule has 2 rings (SSSR count). The van der Waals surface area contributed by atoms with Crippen molar-refractivity contribution in [1.82, 2.24) is 5.32 Å². The number of nitro groups is 1. The van der Waals surface area contributed by atoms with E-state index in [1.807, 2.05) is 24.4 Å². The summed E-state index contributed by atoms with van der Waals surface area (Å²) in [5.74, 6) is -1.30. The molecule has 1 amide bonds. The number of anilines is 1. The van der Waals surface area contributed by atoms with Crippen molar-refractivity contribution in [2.24, 2.45) is 0 Å². The predicted molar refractivity (Wildman–Crippen MR) is 88.7 cm³/mol. The molecule has 1 aromatic carbocycles. The zero-order valence-electron chi connectivity index (χ0n) is 12.7. The Morgan fingerprint density at radius 2 is 2.17 bits per heavy atom. The van der Waals surface area contributed by atoms with Gasteiger partial charge in [-0.05, 0) is 30.5 Å². The summed E-state index contributed by atoms with van der Waals surface area (Å²) < 4.78 is 4.87. The number of benzene rings is 1. The van der Waals surface area contributed by atoms with Gasteiger partial charge in [-0.15, -0.1) is 11.3 Å². The maximum Gasteiger partial charge on any atom is 0.338 e. The van der Waals surface area contributed by atoms with Gasteiger partial charge in [-0.3, -0.25) is 14.9 Å². The van der Waals surface area contributed by atoms with Crippen molar-refractivity contribution in [3.63, 3.8) is 0 Å². The second-order valence-corrected chi connectivity index (χ2v) is 5.89. The monoisotopic (exact) mass is 349 g/mol. The van der Waals surface area contributed by atoms with Crippen LogP contribution in [-0.4, -0.2) is 23.4 Å². The number of esters is 1. The van der Waals surface area contributed by atoms with Crippen LogP contribution in [0.1, 0.15) is 28.2 Å². The number of nitrogens with one attached hydrogen (secondary N) is 1. The Balaban J connectivity index is 1.92. The summed E-state index contributed by atoms with van der Waals surface area (Å²) in [5.41, 5.74) is 4.97. The van der Waals surface area contributed by atoms with Gasteiger partial charge in [0.25, 0.3) is 11.6 Å². The largest absolute Gasteiger partial charge is 0.452 e. The fourth-order valence-electron chi connectivity index (χ4n) is 1.94. The van der Waals surface area contributed by atoms with Gasteiger partial charge in [0.15, 0.2) is 6.61 Å². The second-order valence-electron chi connectivity index (χ2n) is 4.91. The molecule has 0 unspecified atom stereocenters. The lowest BCUT2D eigenvalue weighted by Gasteiger charge is -2.12. The molecule has 126 valence electrons. The van der Waals surface area contributed by atoms with Crippen molar-refractivity contribution in [2.75, 3.05) is 12.3 Å². The first kappa shape index (κ1) is 17.4. The van der Waals surface area contributed by atoms with Crippen molar-refractivity contribution in [2.45, 2.75) is 13.0 Å². The number of rotatable bonds is 6. The van der Waals surface area contributed by atoms with Crippen LogP contribution in [-0.2, 0) is 9.53 Å². The molecule has 1 aromatic heterocycles. The Hall–Kier alpha value is -2.94. The molecule has 0 saturated heterocycles. The smallest absolute Gasteiger partial charge is 0.338 e. The number of nitrogens with zero attached hydrogens (tertiary/aromatic N) is 1. The number of nitrogen functional groups attached to an aromatic ring is 1. The Morgan fingerprint density at radius 3 is 2.79 bits per heavy atom. The molecule has 9 heteroatoms. The topological polar surface area (TPSA) is 125 Å². The maximum absolute atomic E-state index is 11.9. The van der Waals surface area contributed by atoms with Gasteiger partial charge in [-0.1, -0.05) is 6.07 Å². The highest BCUT2D eigenvalue weighted by Crippen LogP contribution is 2.22. The molecule has 0 fully saturated rings. The van der Waals surface area contributed by atoms with Gasteiger partial charge in [0, 0.05) is 10.9 Å². The van der Waals surface area contributed by atoms with Crippen LogP contribution < -0.4 is 11.1 Å². The molecule has 3 N–H and O–H groups in total. The third-order valence-corrected chi connectivity index (χ3v) is 4.20. The van der Waals surface area contributed by atoms with E-state index in [2.05, 4.69) is 5.32 Å². The van der Waals surface area contributed by atoms with Crippen molar-refractivity contribution in [1.29, 1.82) is 0 Å². The summed E-state index contributed by atoms with van der Waals surface area (Å²) in [5, 5.41) is 15.4. The average molecular weight is 349 g/mol. The molecule has 0 aliphatic carbocycles. The summed E-state index contributed by atoms with van der Waals surface area (Å²) >= 11 is 1.50. The first-order valence-corrected chi connectivity index (χ1v) is 7.80. The van der Waals surface area contributed by atoms with Gasteiger partial charge in [0.2, 0.25) is 0 Å². The minimum absolute atomic E-state index is 0.0463. The summed E-state index contributed by atoms with van der Waals surface area (Å²) in [6, 6.07) is 7.12. The molecule has 0 aliphatic rings. The van der Waals surface area contributed by atoms with Crippen molar-refractivity contribution >= 4 is 34.6 Å². The van der Waals surface area contributed by atoms with Crippen molar-refractivity contribution in [3.05, 3.63) is 56.3 Å². The first-order chi connectivity index (χ1) is 11.4. The van der Waals surface area contributed by atoms with Crippen molar-refractivity contribution < 1.29 is 19.2 Å². The second kappa shape index (κ2) is 7.55. The van der Waals surface area contributed by atoms with E-state index in [4.69, 9.17) is 10.5 Å². The van der Waals surface area contributed by atoms with Crippen LogP contribution in [0.5, 0.6) is 0 Å². The average Bonchev–Trinajstić information content (AvgIpc) is 3.07. The highest BCUT2D eigenvalue weighted by Gasteiger charge is 2.18. The highest BCUT2D eigenvalue weighted by atomic mass is 32.1. The molecule has 8 nitrogen and oxygen atoms in total. The summed E-state index contributed by atoms with van der Waals surface area (Å²) in [7, 11) is 0. The number of carbonyl (C=O) groups excluding carboxylic acids is 2. The van der Waals surface area contributed by atoms with E-state index in [-0.39, 0.29) is 23.0 Å². The van der Waals surface area contributed by atoms with Gasteiger partial charge in [0.1, 0.15) is 5.69 Å². The zero-order valence-corrected chi connectivity index (χ0v) is 13.5. The molecule has 0 bridgehead atoms. The summed E-state index contributed by atoms with van der Waals surface area (Å²) in [4.78, 5) is 34.8. The molecule has 0 saturated carbocycles. The van der Waals surface area contributed by atoms with Crippen molar-refractivity contribution in [3.8, 4) is 0 Å². The molecule has 2 aromatic rings. The lowest BCUT2D eigenvalue weighted by Crippen LogP contribution is -2.30. The van der Waals surface area contributed by atoms with Crippen LogP contribution in [0.3, 0.4) is 0 Å². The van der Waals surface area contributed by atoms with E-state index < -0.39 is 23.4 Å². The third kappa shape index (κ3) is 4.29.